The third kappa shape index (κ3) is 9.08. The molecule has 0 radical (unpaired) electrons. The van der Waals surface area contributed by atoms with Gasteiger partial charge in [0, 0.05) is 24.9 Å². The molecular formula is C41H61N5O6Si. The molecule has 5 rings (SSSR count). The molecule has 2 aliphatic heterocycles. The number of carbonyl (C=O) groups is 3. The van der Waals surface area contributed by atoms with Gasteiger partial charge in [0.1, 0.15) is 29.3 Å². The fourth-order valence-corrected chi connectivity index (χ4v) is 13.4. The van der Waals surface area contributed by atoms with Gasteiger partial charge in [-0.05, 0) is 98.1 Å². The first-order valence-electron chi connectivity index (χ1n) is 19.2. The molecule has 12 heteroatoms. The molecule has 2 aromatic carbocycles. The number of hydrogen-bond donors (Lipinski definition) is 2. The fraction of sp³-hybridized carbons (Fsp3) is 0.610. The highest BCUT2D eigenvalue weighted by Crippen LogP contribution is 2.44. The molecule has 3 heterocycles. The number of rotatable bonds is 6. The summed E-state index contributed by atoms with van der Waals surface area (Å²) in [6, 6.07) is 10.8. The highest BCUT2D eigenvalue weighted by molar-refractivity contribution is 6.78. The minimum atomic E-state index is -2.38. The van der Waals surface area contributed by atoms with Crippen molar-refractivity contribution in [2.75, 3.05) is 13.2 Å². The number of aromatic nitrogens is 2. The zero-order chi connectivity index (χ0) is 39.0. The number of fused-ring (bicyclic) bond motifs is 6. The quantitative estimate of drug-likeness (QED) is 0.192. The number of benzene rings is 2. The topological polar surface area (TPSA) is 124 Å². The second-order valence-corrected chi connectivity index (χ2v) is 23.1. The van der Waals surface area contributed by atoms with Crippen LogP contribution in [0.4, 0.5) is 4.79 Å². The SMILES string of the molecule is Cc1nc2ccc3cc2n1CC(C)(C)COC(=O)[C@@H]1CCCN(N1)C(=O)[C@@H](NC(=O)OC(C)(C)C)Cc1cc(O[Si](C(C)C)(C(C)C)C(C)C)cc-3c1. The van der Waals surface area contributed by atoms with Crippen molar-refractivity contribution in [3.8, 4) is 16.9 Å². The molecule has 0 unspecified atom stereocenters. The van der Waals surface area contributed by atoms with Crippen molar-refractivity contribution >= 4 is 37.3 Å². The third-order valence-corrected chi connectivity index (χ3v) is 16.6. The summed E-state index contributed by atoms with van der Waals surface area (Å²) in [6.07, 6.45) is 0.599. The number of aryl methyl sites for hydroxylation is 1. The molecule has 11 nitrogen and oxygen atoms in total. The summed E-state index contributed by atoms with van der Waals surface area (Å²) >= 11 is 0. The van der Waals surface area contributed by atoms with E-state index in [1.165, 1.54) is 5.01 Å². The van der Waals surface area contributed by atoms with Gasteiger partial charge in [-0.1, -0.05) is 67.5 Å². The van der Waals surface area contributed by atoms with Crippen LogP contribution in [0.25, 0.3) is 22.2 Å². The van der Waals surface area contributed by atoms with E-state index in [1.54, 1.807) is 20.8 Å². The van der Waals surface area contributed by atoms with Crippen LogP contribution in [0.2, 0.25) is 16.6 Å². The van der Waals surface area contributed by atoms with Crippen molar-refractivity contribution in [1.82, 2.24) is 25.3 Å². The zero-order valence-electron chi connectivity index (χ0n) is 33.9. The van der Waals surface area contributed by atoms with Gasteiger partial charge in [0.2, 0.25) is 0 Å². The monoisotopic (exact) mass is 747 g/mol. The summed E-state index contributed by atoms with van der Waals surface area (Å²) in [5.41, 5.74) is 7.59. The zero-order valence-corrected chi connectivity index (χ0v) is 34.9. The van der Waals surface area contributed by atoms with Crippen molar-refractivity contribution in [3.63, 3.8) is 0 Å². The van der Waals surface area contributed by atoms with E-state index in [9.17, 15) is 14.4 Å². The Morgan fingerprint density at radius 1 is 1.02 bits per heavy atom. The molecule has 0 spiro atoms. The molecule has 0 aliphatic carbocycles. The maximum absolute atomic E-state index is 14.4. The number of carbonyl (C=O) groups excluding carboxylic acids is 3. The first-order chi connectivity index (χ1) is 24.7. The Kier molecular flexibility index (Phi) is 11.7. The highest BCUT2D eigenvalue weighted by Gasteiger charge is 2.47. The van der Waals surface area contributed by atoms with E-state index in [0.29, 0.717) is 42.6 Å². The van der Waals surface area contributed by atoms with E-state index in [4.69, 9.17) is 18.9 Å². The minimum absolute atomic E-state index is 0.169. The number of nitrogens with zero attached hydrogens (tertiary/aromatic N) is 3. The van der Waals surface area contributed by atoms with Crippen LogP contribution < -0.4 is 15.2 Å². The summed E-state index contributed by atoms with van der Waals surface area (Å²) in [7, 11) is -2.38. The minimum Gasteiger partial charge on any atom is -0.543 e. The molecule has 2 N–H and O–H groups in total. The van der Waals surface area contributed by atoms with Gasteiger partial charge in [-0.2, -0.15) is 0 Å². The Labute approximate surface area is 316 Å². The van der Waals surface area contributed by atoms with Gasteiger partial charge in [-0.3, -0.25) is 14.6 Å². The van der Waals surface area contributed by atoms with E-state index in [2.05, 4.69) is 95.0 Å². The van der Waals surface area contributed by atoms with E-state index >= 15 is 0 Å². The van der Waals surface area contributed by atoms with E-state index in [-0.39, 0.29) is 18.9 Å². The summed E-state index contributed by atoms with van der Waals surface area (Å²) in [5, 5.41) is 4.33. The molecule has 1 saturated heterocycles. The van der Waals surface area contributed by atoms with Crippen LogP contribution in [-0.4, -0.2) is 71.7 Å². The van der Waals surface area contributed by atoms with Gasteiger partial charge in [0.25, 0.3) is 14.2 Å². The first kappa shape index (κ1) is 40.3. The van der Waals surface area contributed by atoms with Crippen LogP contribution in [0.3, 0.4) is 0 Å². The Bertz CT molecular complexity index is 1800. The first-order valence-corrected chi connectivity index (χ1v) is 21.4. The molecule has 1 aromatic heterocycles. The molecule has 2 amide bonds. The summed E-state index contributed by atoms with van der Waals surface area (Å²) in [5.74, 6) is 0.858. The molecule has 2 aliphatic rings. The number of cyclic esters (lactones) is 1. The molecule has 0 saturated carbocycles. The average Bonchev–Trinajstić information content (AvgIpc) is 3.36. The molecule has 3 aromatic rings. The van der Waals surface area contributed by atoms with Crippen LogP contribution in [0.1, 0.15) is 100 Å². The predicted molar refractivity (Wildman–Crippen MR) is 211 cm³/mol. The lowest BCUT2D eigenvalue weighted by Crippen LogP contribution is -2.60. The smallest absolute Gasteiger partial charge is 0.408 e. The summed E-state index contributed by atoms with van der Waals surface area (Å²) < 4.78 is 21.0. The van der Waals surface area contributed by atoms with Gasteiger partial charge in [0.15, 0.2) is 0 Å². The molecule has 290 valence electrons. The second kappa shape index (κ2) is 15.5. The normalized spacial score (nSPS) is 20.1. The Hall–Kier alpha value is -3.90. The molecule has 2 atom stereocenters. The standard InChI is InChI=1S/C41H61N5O6Si/c1-25(2)53(26(3)4,27(5)6)52-32-19-29-18-31(21-32)30-15-16-33-36(22-30)45(28(7)42-33)23-41(11,12)24-50-38(48)34-14-13-17-46(44-34)37(47)35(20-29)43-39(49)51-40(8,9)10/h15-16,18-19,21-22,25-27,34-35,44H,13-14,17,20,23-24H2,1-12H3,(H,43,49)/t34-,35-/m0/s1. The maximum atomic E-state index is 14.4. The predicted octanol–water partition coefficient (Wildman–Crippen LogP) is 8.08. The maximum Gasteiger partial charge on any atom is 0.408 e. The number of ether oxygens (including phenoxy) is 2. The number of alkyl carbamates (subject to hydrolysis) is 1. The van der Waals surface area contributed by atoms with Gasteiger partial charge >= 0.3 is 12.1 Å². The molecule has 1 fully saturated rings. The highest BCUT2D eigenvalue weighted by atomic mass is 28.4. The Morgan fingerprint density at radius 2 is 1.70 bits per heavy atom. The van der Waals surface area contributed by atoms with Gasteiger partial charge in [-0.25, -0.2) is 15.2 Å². The fourth-order valence-electron chi connectivity index (χ4n) is 8.21. The second-order valence-electron chi connectivity index (χ2n) is 17.7. The van der Waals surface area contributed by atoms with Crippen LogP contribution in [0.15, 0.2) is 36.4 Å². The van der Waals surface area contributed by atoms with Crippen LogP contribution in [-0.2, 0) is 32.0 Å². The molecule has 53 heavy (non-hydrogen) atoms. The van der Waals surface area contributed by atoms with Crippen LogP contribution in [0.5, 0.6) is 5.75 Å². The molecule has 6 bridgehead atoms. The number of imidazole rings is 1. The number of hydrazine groups is 1. The van der Waals surface area contributed by atoms with Crippen molar-refractivity contribution in [1.29, 1.82) is 0 Å². The lowest BCUT2D eigenvalue weighted by Gasteiger charge is -2.42. The van der Waals surface area contributed by atoms with E-state index in [0.717, 1.165) is 39.3 Å². The number of hydrogen-bond acceptors (Lipinski definition) is 8. The van der Waals surface area contributed by atoms with E-state index < -0.39 is 43.5 Å². The van der Waals surface area contributed by atoms with Crippen molar-refractivity contribution in [2.24, 2.45) is 5.41 Å². The van der Waals surface area contributed by atoms with Gasteiger partial charge in [-0.15, -0.1) is 0 Å². The number of nitrogens with one attached hydrogen (secondary N) is 2. The third-order valence-electron chi connectivity index (χ3n) is 10.6. The lowest BCUT2D eigenvalue weighted by atomic mass is 9.94. The average molecular weight is 748 g/mol. The number of esters is 1. The summed E-state index contributed by atoms with van der Waals surface area (Å²) in [6.45, 7) is 26.2. The Balaban J connectivity index is 1.70. The van der Waals surface area contributed by atoms with Gasteiger partial charge < -0.3 is 23.8 Å². The van der Waals surface area contributed by atoms with Crippen molar-refractivity contribution in [2.45, 2.75) is 143 Å². The largest absolute Gasteiger partial charge is 0.543 e. The lowest BCUT2D eigenvalue weighted by molar-refractivity contribution is -0.155. The Morgan fingerprint density at radius 3 is 2.34 bits per heavy atom. The van der Waals surface area contributed by atoms with Crippen molar-refractivity contribution < 1.29 is 28.3 Å². The summed E-state index contributed by atoms with van der Waals surface area (Å²) in [4.78, 5) is 46.0. The van der Waals surface area contributed by atoms with Crippen LogP contribution >= 0.6 is 0 Å². The van der Waals surface area contributed by atoms with Crippen molar-refractivity contribution in [3.05, 3.63) is 47.8 Å². The van der Waals surface area contributed by atoms with Gasteiger partial charge in [0.05, 0.1) is 17.6 Å². The number of amides is 2. The molecular weight excluding hydrogens is 687 g/mol. The van der Waals surface area contributed by atoms with E-state index in [1.807, 2.05) is 19.1 Å². The van der Waals surface area contributed by atoms with Crippen LogP contribution in [0, 0.1) is 12.3 Å².